The van der Waals surface area contributed by atoms with E-state index < -0.39 is 0 Å². The maximum Gasteiger partial charge on any atom is 0.0540 e. The molecule has 0 unspecified atom stereocenters. The van der Waals surface area contributed by atoms with E-state index in [0.717, 1.165) is 11.4 Å². The highest BCUT2D eigenvalue weighted by molar-refractivity contribution is 6.12. The van der Waals surface area contributed by atoms with Crippen LogP contribution in [0.3, 0.4) is 0 Å². The Morgan fingerprint density at radius 2 is 1.07 bits per heavy atom. The lowest BCUT2D eigenvalue weighted by atomic mass is 9.79. The molecule has 218 valence electrons. The number of hydrogen-bond acceptors (Lipinski definition) is 1. The molecular weight excluding hydrogens is 555 g/mol. The molecule has 0 saturated heterocycles. The highest BCUT2D eigenvalue weighted by Gasteiger charge is 2.38. The first-order valence-electron chi connectivity index (χ1n) is 16.1. The van der Waals surface area contributed by atoms with Gasteiger partial charge in [-0.05, 0) is 96.7 Å². The summed E-state index contributed by atoms with van der Waals surface area (Å²) in [6.07, 6.45) is 0. The number of rotatable bonds is 4. The molecular formula is C45H33N. The van der Waals surface area contributed by atoms with Gasteiger partial charge in [0.15, 0.2) is 0 Å². The van der Waals surface area contributed by atoms with Crippen molar-refractivity contribution in [2.75, 3.05) is 4.90 Å². The third-order valence-corrected chi connectivity index (χ3v) is 9.98. The van der Waals surface area contributed by atoms with Gasteiger partial charge in [0.05, 0.1) is 5.69 Å². The van der Waals surface area contributed by atoms with Crippen LogP contribution in [0.4, 0.5) is 17.1 Å². The number of benzene rings is 8. The second-order valence-electron chi connectivity index (χ2n) is 12.9. The molecule has 0 spiro atoms. The second kappa shape index (κ2) is 10.2. The first-order valence-corrected chi connectivity index (χ1v) is 16.1. The highest BCUT2D eigenvalue weighted by atomic mass is 15.1. The van der Waals surface area contributed by atoms with Crippen LogP contribution in [0, 0.1) is 0 Å². The Bertz CT molecular complexity index is 2450. The Hall–Kier alpha value is -5.66. The largest absolute Gasteiger partial charge is 0.310 e. The van der Waals surface area contributed by atoms with E-state index in [0.29, 0.717) is 0 Å². The van der Waals surface area contributed by atoms with Crippen molar-refractivity contribution in [1.29, 1.82) is 0 Å². The van der Waals surface area contributed by atoms with Crippen LogP contribution in [0.15, 0.2) is 164 Å². The van der Waals surface area contributed by atoms with Crippen molar-refractivity contribution in [2.24, 2.45) is 0 Å². The Labute approximate surface area is 270 Å². The first-order chi connectivity index (χ1) is 22.6. The standard InChI is InChI=1S/C45H33N/c1-45(2)41-23-13-12-22-39(41)43-40(29-32-16-8-9-19-35(32)44(43)45)37-26-27-42(38-21-11-10-20-36(37)38)46(33-17-4-3-5-18-33)34-25-24-30-14-6-7-15-31(30)28-34/h3-29H,1-2H3. The smallest absolute Gasteiger partial charge is 0.0540 e. The first kappa shape index (κ1) is 26.7. The molecule has 1 aliphatic carbocycles. The summed E-state index contributed by atoms with van der Waals surface area (Å²) in [4.78, 5) is 2.40. The fourth-order valence-electron chi connectivity index (χ4n) is 7.90. The average Bonchev–Trinajstić information content (AvgIpc) is 3.35. The van der Waals surface area contributed by atoms with Gasteiger partial charge >= 0.3 is 0 Å². The Morgan fingerprint density at radius 1 is 0.413 bits per heavy atom. The lowest BCUT2D eigenvalue weighted by Gasteiger charge is -2.28. The topological polar surface area (TPSA) is 3.24 Å². The van der Waals surface area contributed by atoms with E-state index in [1.165, 1.54) is 71.4 Å². The summed E-state index contributed by atoms with van der Waals surface area (Å²) in [5.74, 6) is 0. The molecule has 8 aromatic rings. The van der Waals surface area contributed by atoms with Crippen LogP contribution < -0.4 is 4.90 Å². The zero-order valence-corrected chi connectivity index (χ0v) is 26.0. The molecule has 0 radical (unpaired) electrons. The summed E-state index contributed by atoms with van der Waals surface area (Å²) < 4.78 is 0. The molecule has 0 saturated carbocycles. The molecule has 0 N–H and O–H groups in total. The minimum Gasteiger partial charge on any atom is -0.310 e. The Kier molecular flexibility index (Phi) is 5.92. The zero-order valence-electron chi connectivity index (χ0n) is 26.0. The van der Waals surface area contributed by atoms with Crippen LogP contribution in [0.1, 0.15) is 25.0 Å². The van der Waals surface area contributed by atoms with E-state index in [-0.39, 0.29) is 5.41 Å². The van der Waals surface area contributed by atoms with E-state index in [4.69, 9.17) is 0 Å². The molecule has 0 fully saturated rings. The predicted molar refractivity (Wildman–Crippen MR) is 197 cm³/mol. The summed E-state index contributed by atoms with van der Waals surface area (Å²) in [7, 11) is 0. The van der Waals surface area contributed by atoms with Crippen LogP contribution in [0.25, 0.3) is 54.6 Å². The van der Waals surface area contributed by atoms with Gasteiger partial charge in [0.25, 0.3) is 0 Å². The van der Waals surface area contributed by atoms with Crippen molar-refractivity contribution in [1.82, 2.24) is 0 Å². The quantitative estimate of drug-likeness (QED) is 0.198. The van der Waals surface area contributed by atoms with E-state index in [1.807, 2.05) is 0 Å². The van der Waals surface area contributed by atoms with E-state index in [9.17, 15) is 0 Å². The molecule has 0 amide bonds. The fourth-order valence-corrected chi connectivity index (χ4v) is 7.90. The van der Waals surface area contributed by atoms with Crippen molar-refractivity contribution in [3.63, 3.8) is 0 Å². The van der Waals surface area contributed by atoms with Crippen molar-refractivity contribution in [3.8, 4) is 22.3 Å². The van der Waals surface area contributed by atoms with Crippen LogP contribution in [-0.4, -0.2) is 0 Å². The van der Waals surface area contributed by atoms with Crippen LogP contribution in [0.2, 0.25) is 0 Å². The van der Waals surface area contributed by atoms with Crippen LogP contribution >= 0.6 is 0 Å². The molecule has 0 aliphatic heterocycles. The molecule has 0 bridgehead atoms. The molecule has 1 heteroatoms. The summed E-state index contributed by atoms with van der Waals surface area (Å²) >= 11 is 0. The zero-order chi connectivity index (χ0) is 30.8. The van der Waals surface area contributed by atoms with Gasteiger partial charge in [-0.25, -0.2) is 0 Å². The Balaban J connectivity index is 1.33. The molecule has 0 heterocycles. The molecule has 0 aromatic heterocycles. The van der Waals surface area contributed by atoms with Gasteiger partial charge < -0.3 is 4.90 Å². The lowest BCUT2D eigenvalue weighted by molar-refractivity contribution is 0.666. The van der Waals surface area contributed by atoms with Crippen LogP contribution in [0.5, 0.6) is 0 Å². The molecule has 1 aliphatic rings. The number of fused-ring (bicyclic) bond motifs is 7. The van der Waals surface area contributed by atoms with Gasteiger partial charge in [0.1, 0.15) is 0 Å². The second-order valence-corrected chi connectivity index (χ2v) is 12.9. The van der Waals surface area contributed by atoms with Crippen molar-refractivity contribution in [3.05, 3.63) is 175 Å². The van der Waals surface area contributed by atoms with Gasteiger partial charge in [-0.2, -0.15) is 0 Å². The van der Waals surface area contributed by atoms with Crippen LogP contribution in [-0.2, 0) is 5.41 Å². The van der Waals surface area contributed by atoms with Crippen molar-refractivity contribution < 1.29 is 0 Å². The monoisotopic (exact) mass is 587 g/mol. The highest BCUT2D eigenvalue weighted by Crippen LogP contribution is 2.55. The van der Waals surface area contributed by atoms with E-state index in [2.05, 4.69) is 183 Å². The normalized spacial score (nSPS) is 13.2. The Morgan fingerprint density at radius 3 is 1.89 bits per heavy atom. The summed E-state index contributed by atoms with van der Waals surface area (Å²) in [6, 6.07) is 60.0. The maximum atomic E-state index is 2.42. The number of nitrogens with zero attached hydrogens (tertiary/aromatic N) is 1. The molecule has 0 atom stereocenters. The average molecular weight is 588 g/mol. The van der Waals surface area contributed by atoms with Gasteiger partial charge in [0, 0.05) is 22.2 Å². The molecule has 1 nitrogen and oxygen atoms in total. The summed E-state index contributed by atoms with van der Waals surface area (Å²) in [5, 5.41) is 7.58. The van der Waals surface area contributed by atoms with Gasteiger partial charge in [-0.3, -0.25) is 0 Å². The third kappa shape index (κ3) is 3.95. The van der Waals surface area contributed by atoms with Crippen molar-refractivity contribution >= 4 is 49.4 Å². The van der Waals surface area contributed by atoms with Gasteiger partial charge in [-0.15, -0.1) is 0 Å². The maximum absolute atomic E-state index is 2.42. The lowest BCUT2D eigenvalue weighted by Crippen LogP contribution is -2.15. The number of anilines is 3. The van der Waals surface area contributed by atoms with Gasteiger partial charge in [-0.1, -0.05) is 141 Å². The van der Waals surface area contributed by atoms with E-state index >= 15 is 0 Å². The van der Waals surface area contributed by atoms with E-state index in [1.54, 1.807) is 0 Å². The number of para-hydroxylation sites is 1. The molecule has 9 rings (SSSR count). The molecule has 8 aromatic carbocycles. The SMILES string of the molecule is CC1(C)c2ccccc2-c2c(-c3ccc(N(c4ccccc4)c4ccc5ccccc5c4)c4ccccc34)cc3ccccc3c21. The number of hydrogen-bond donors (Lipinski definition) is 0. The summed E-state index contributed by atoms with van der Waals surface area (Å²) in [6.45, 7) is 4.77. The molecule has 46 heavy (non-hydrogen) atoms. The summed E-state index contributed by atoms with van der Waals surface area (Å²) in [5.41, 5.74) is 11.4. The van der Waals surface area contributed by atoms with Crippen molar-refractivity contribution in [2.45, 2.75) is 19.3 Å². The minimum atomic E-state index is -0.0997. The predicted octanol–water partition coefficient (Wildman–Crippen LogP) is 12.6. The van der Waals surface area contributed by atoms with Gasteiger partial charge in [0.2, 0.25) is 0 Å². The minimum absolute atomic E-state index is 0.0997. The third-order valence-electron chi connectivity index (χ3n) is 9.98. The fraction of sp³-hybridized carbons (Fsp3) is 0.0667.